The van der Waals surface area contributed by atoms with E-state index in [4.69, 9.17) is 28.4 Å². The molecule has 3 rings (SSSR count). The summed E-state index contributed by atoms with van der Waals surface area (Å²) in [6, 6.07) is -0.808. The van der Waals surface area contributed by atoms with E-state index in [1.165, 1.54) is 14.0 Å². The monoisotopic (exact) mass is 749 g/mol. The molecule has 3 fully saturated rings. The van der Waals surface area contributed by atoms with E-state index in [1.54, 1.807) is 41.5 Å². The number of carbonyl (C=O) groups excluding carboxylic acids is 1. The van der Waals surface area contributed by atoms with Crippen LogP contribution in [0.2, 0.25) is 0 Å². The molecule has 0 aromatic rings. The summed E-state index contributed by atoms with van der Waals surface area (Å²) in [6.45, 7) is 18.0. The van der Waals surface area contributed by atoms with Crippen molar-refractivity contribution in [3.05, 3.63) is 0 Å². The Morgan fingerprint density at radius 2 is 1.56 bits per heavy atom. The highest BCUT2D eigenvalue weighted by Gasteiger charge is 2.52. The van der Waals surface area contributed by atoms with Gasteiger partial charge in [-0.1, -0.05) is 20.8 Å². The van der Waals surface area contributed by atoms with Crippen LogP contribution in [-0.2, 0) is 33.2 Å². The first-order chi connectivity index (χ1) is 23.9. The number of ether oxygens (including phenoxy) is 6. The van der Waals surface area contributed by atoms with Crippen LogP contribution in [-0.4, -0.2) is 166 Å². The Hall–Kier alpha value is -1.01. The Balaban J connectivity index is 2.17. The molecule has 0 saturated carbocycles. The SMILES string of the molecule is CC[C@H]1OC(=O)[C@H](C)[C@@H](O[C@@H]2C[C@](C)(OC)[C@H](O)[C@H](C)O2)[C@H](C)[C@@H](O[C@H]2O[C@H](C)C[C@@H](N(C)C)[C@H]2O)[C@](C)(O)C[C@@H](C)CN(C)[C@H](C)[C@@H](O)[C@@]1(C)O. The zero-order valence-corrected chi connectivity index (χ0v) is 34.2. The van der Waals surface area contributed by atoms with E-state index in [0.717, 1.165) is 0 Å². The summed E-state index contributed by atoms with van der Waals surface area (Å²) < 4.78 is 37.5. The van der Waals surface area contributed by atoms with Crippen LogP contribution in [0.25, 0.3) is 0 Å². The van der Waals surface area contributed by atoms with Gasteiger partial charge in [-0.25, -0.2) is 0 Å². The van der Waals surface area contributed by atoms with Crippen LogP contribution >= 0.6 is 0 Å². The van der Waals surface area contributed by atoms with Crippen LogP contribution < -0.4 is 0 Å². The van der Waals surface area contributed by atoms with E-state index in [0.29, 0.717) is 13.0 Å². The van der Waals surface area contributed by atoms with E-state index in [2.05, 4.69) is 0 Å². The third kappa shape index (κ3) is 10.0. The van der Waals surface area contributed by atoms with E-state index in [-0.39, 0.29) is 37.3 Å². The van der Waals surface area contributed by atoms with Gasteiger partial charge in [0.1, 0.15) is 30.0 Å². The minimum atomic E-state index is -1.80. The Bertz CT molecular complexity index is 1140. The standard InChI is InChI=1S/C38H72N2O12/c1-15-27-38(10,46)31(42)24(6)40(13)19-20(2)17-36(8,45)33(52-35-29(41)26(39(11)12)16-21(3)48-35)22(4)30(23(5)34(44)50-27)51-28-18-37(9,47-14)32(43)25(7)49-28/h20-33,35,41-43,45-46H,15-19H2,1-14H3/t20-,21-,22+,23-,24-,25+,26-,27-,28-,29-,30+,31-,32-,33-,35-,36-,37+,38+/m1/s1. The Kier molecular flexibility index (Phi) is 15.6. The normalized spacial score (nSPS) is 49.6. The topological polar surface area (TPSA) is 180 Å². The maximum absolute atomic E-state index is 14.2. The molecule has 0 aromatic heterocycles. The lowest BCUT2D eigenvalue weighted by Crippen LogP contribution is -2.60. The van der Waals surface area contributed by atoms with Gasteiger partial charge in [-0.05, 0) is 94.8 Å². The van der Waals surface area contributed by atoms with Gasteiger partial charge in [-0.2, -0.15) is 0 Å². The summed E-state index contributed by atoms with van der Waals surface area (Å²) in [7, 11) is 7.12. The molecule has 52 heavy (non-hydrogen) atoms. The molecule has 306 valence electrons. The molecule has 18 atom stereocenters. The minimum absolute atomic E-state index is 0.133. The lowest BCUT2D eigenvalue weighted by molar-refractivity contribution is -0.318. The number of methoxy groups -OCH3 is 1. The predicted octanol–water partition coefficient (Wildman–Crippen LogP) is 1.90. The largest absolute Gasteiger partial charge is 0.459 e. The second kappa shape index (κ2) is 17.8. The van der Waals surface area contributed by atoms with Gasteiger partial charge in [0, 0.05) is 38.1 Å². The van der Waals surface area contributed by atoms with Crippen LogP contribution in [0.5, 0.6) is 0 Å². The van der Waals surface area contributed by atoms with Crippen molar-refractivity contribution in [1.29, 1.82) is 0 Å². The quantitative estimate of drug-likeness (QED) is 0.238. The van der Waals surface area contributed by atoms with Crippen LogP contribution in [0.15, 0.2) is 0 Å². The second-order valence-electron chi connectivity index (χ2n) is 17.2. The molecule has 0 spiro atoms. The van der Waals surface area contributed by atoms with Gasteiger partial charge in [0.25, 0.3) is 0 Å². The predicted molar refractivity (Wildman–Crippen MR) is 194 cm³/mol. The number of hydrogen-bond acceptors (Lipinski definition) is 14. The van der Waals surface area contributed by atoms with Gasteiger partial charge < -0.3 is 63.8 Å². The van der Waals surface area contributed by atoms with Crippen molar-refractivity contribution in [2.75, 3.05) is 34.8 Å². The Labute approximate surface area is 312 Å². The summed E-state index contributed by atoms with van der Waals surface area (Å²) in [5.74, 6) is -2.58. The average Bonchev–Trinajstić information content (AvgIpc) is 3.05. The third-order valence-electron chi connectivity index (χ3n) is 12.2. The number of aliphatic hydroxyl groups excluding tert-OH is 3. The zero-order valence-electron chi connectivity index (χ0n) is 34.2. The van der Waals surface area contributed by atoms with Crippen molar-refractivity contribution >= 4 is 5.97 Å². The van der Waals surface area contributed by atoms with Crippen molar-refractivity contribution < 1.29 is 58.7 Å². The van der Waals surface area contributed by atoms with Gasteiger partial charge in [-0.15, -0.1) is 0 Å². The van der Waals surface area contributed by atoms with E-state index in [9.17, 15) is 30.3 Å². The van der Waals surface area contributed by atoms with Gasteiger partial charge in [-0.3, -0.25) is 4.79 Å². The summed E-state index contributed by atoms with van der Waals surface area (Å²) in [5.41, 5.74) is -4.37. The fraction of sp³-hybridized carbons (Fsp3) is 0.974. The number of nitrogens with zero attached hydrogens (tertiary/aromatic N) is 2. The van der Waals surface area contributed by atoms with Crippen LogP contribution in [0.3, 0.4) is 0 Å². The van der Waals surface area contributed by atoms with Gasteiger partial charge >= 0.3 is 5.97 Å². The lowest BCUT2D eigenvalue weighted by Gasteiger charge is -2.48. The molecule has 0 radical (unpaired) electrons. The molecule has 14 heteroatoms. The van der Waals surface area contributed by atoms with Gasteiger partial charge in [0.2, 0.25) is 0 Å². The summed E-state index contributed by atoms with van der Waals surface area (Å²) >= 11 is 0. The first-order valence-electron chi connectivity index (χ1n) is 19.1. The number of cyclic esters (lactones) is 1. The Morgan fingerprint density at radius 1 is 0.942 bits per heavy atom. The molecular weight excluding hydrogens is 676 g/mol. The number of carbonyl (C=O) groups is 1. The van der Waals surface area contributed by atoms with Crippen molar-refractivity contribution in [2.45, 2.75) is 185 Å². The van der Waals surface area contributed by atoms with Crippen molar-refractivity contribution in [3.63, 3.8) is 0 Å². The molecule has 14 nitrogen and oxygen atoms in total. The molecule has 3 heterocycles. The smallest absolute Gasteiger partial charge is 0.311 e. The van der Waals surface area contributed by atoms with Crippen LogP contribution in [0.4, 0.5) is 0 Å². The molecule has 0 amide bonds. The summed E-state index contributed by atoms with van der Waals surface area (Å²) in [4.78, 5) is 18.0. The van der Waals surface area contributed by atoms with E-state index < -0.39 is 96.0 Å². The van der Waals surface area contributed by atoms with Gasteiger partial charge in [0.05, 0.1) is 41.5 Å². The summed E-state index contributed by atoms with van der Waals surface area (Å²) in [5, 5.41) is 58.1. The first kappa shape index (κ1) is 45.4. The molecule has 0 aliphatic carbocycles. The number of rotatable bonds is 7. The third-order valence-corrected chi connectivity index (χ3v) is 12.2. The fourth-order valence-electron chi connectivity index (χ4n) is 8.74. The second-order valence-corrected chi connectivity index (χ2v) is 17.2. The zero-order chi connectivity index (χ0) is 39.7. The van der Waals surface area contributed by atoms with Crippen LogP contribution in [0, 0.1) is 17.8 Å². The molecule has 0 aromatic carbocycles. The maximum atomic E-state index is 14.2. The number of esters is 1. The van der Waals surface area contributed by atoms with E-state index >= 15 is 0 Å². The molecule has 3 saturated heterocycles. The number of likely N-dealkylation sites (N-methyl/N-ethyl adjacent to an activating group) is 2. The number of hydrogen-bond donors (Lipinski definition) is 5. The molecule has 3 aliphatic rings. The van der Waals surface area contributed by atoms with Crippen molar-refractivity contribution in [3.8, 4) is 0 Å². The Morgan fingerprint density at radius 3 is 2.12 bits per heavy atom. The lowest BCUT2D eigenvalue weighted by atomic mass is 9.77. The molecule has 0 bridgehead atoms. The maximum Gasteiger partial charge on any atom is 0.311 e. The van der Waals surface area contributed by atoms with Crippen molar-refractivity contribution in [2.24, 2.45) is 17.8 Å². The highest BCUT2D eigenvalue weighted by molar-refractivity contribution is 5.73. The molecule has 5 N–H and O–H groups in total. The number of aliphatic hydroxyl groups is 5. The van der Waals surface area contributed by atoms with Crippen molar-refractivity contribution in [1.82, 2.24) is 9.80 Å². The minimum Gasteiger partial charge on any atom is -0.459 e. The van der Waals surface area contributed by atoms with E-state index in [1.807, 2.05) is 51.7 Å². The molecule has 3 aliphatic heterocycles. The highest BCUT2D eigenvalue weighted by atomic mass is 16.7. The average molecular weight is 749 g/mol. The summed E-state index contributed by atoms with van der Waals surface area (Å²) in [6.07, 6.45) is -8.19. The highest BCUT2D eigenvalue weighted by Crippen LogP contribution is 2.40. The molecule has 0 unspecified atom stereocenters. The van der Waals surface area contributed by atoms with Crippen LogP contribution in [0.1, 0.15) is 94.9 Å². The first-order valence-corrected chi connectivity index (χ1v) is 19.1. The van der Waals surface area contributed by atoms with Gasteiger partial charge in [0.15, 0.2) is 12.6 Å². The fourth-order valence-corrected chi connectivity index (χ4v) is 8.74. The molecular formula is C38H72N2O12.